The molecule has 0 aromatic carbocycles. The summed E-state index contributed by atoms with van der Waals surface area (Å²) < 4.78 is 74.3. The number of fused-ring (bicyclic) bond motifs is 4. The van der Waals surface area contributed by atoms with Crippen molar-refractivity contribution in [1.82, 2.24) is 0 Å². The standard InChI is InChI=1S/C60H98O30/c1-24(65)81-22-54(2)13-32-59(33(66)14-54)23-82-60(32)12-8-31-55(3)10-9-34(88-53-48(90-52-47(78)43(74)38(69)27(18-63)85-52)40(71)29(20-80-53)87-51-46(77)42(73)37(68)26(17-62)84-51)56(4,21-64)30(55)7-11-57(31,5)58(60,6)15-35(59)89-49-44(75)39(70)28(19-79-49)86-50-45(76)41(72)36(67)25(16-61)83-50/h25-53,61-64,66-78H,7-23H2,1-6H3/t25?,26-,27-,28?,29+,30?,31?,32?,33+,34+,35-,36?,37-,38-,39?,40+,41?,42+,43+,44?,45?,46-,47-,48-,49?,50?,51+,52+,53+,54-,55+,56+,57-,58+,59-,60+/m1/s1. The Labute approximate surface area is 520 Å². The van der Waals surface area contributed by atoms with Gasteiger partial charge in [0.2, 0.25) is 0 Å². The Balaban J connectivity index is 0.866. The normalized spacial score (nSPS) is 56.9. The van der Waals surface area contributed by atoms with Crippen LogP contribution in [0, 0.1) is 50.2 Å². The highest BCUT2D eigenvalue weighted by Gasteiger charge is 2.82. The van der Waals surface area contributed by atoms with Crippen molar-refractivity contribution in [2.45, 2.75) is 265 Å². The summed E-state index contributed by atoms with van der Waals surface area (Å²) >= 11 is 0. The fourth-order valence-corrected chi connectivity index (χ4v) is 19.4. The Kier molecular flexibility index (Phi) is 19.9. The third kappa shape index (κ3) is 11.0. The number of hydrogen-bond acceptors (Lipinski definition) is 30. The fourth-order valence-electron chi connectivity index (χ4n) is 19.4. The van der Waals surface area contributed by atoms with E-state index in [1.165, 1.54) is 6.92 Å². The molecule has 0 aromatic rings. The summed E-state index contributed by atoms with van der Waals surface area (Å²) in [6.45, 7) is 8.51. The second kappa shape index (κ2) is 25.6. The molecule has 0 amide bonds. The van der Waals surface area contributed by atoms with Gasteiger partial charge in [-0.1, -0.05) is 34.6 Å². The number of hydrogen-bond donors (Lipinski definition) is 17. The van der Waals surface area contributed by atoms with Crippen molar-refractivity contribution in [3.63, 3.8) is 0 Å². The average Bonchev–Trinajstić information content (AvgIpc) is 1.32. The molecule has 518 valence electrons. The zero-order chi connectivity index (χ0) is 65.3. The van der Waals surface area contributed by atoms with Crippen LogP contribution in [0.2, 0.25) is 0 Å². The fraction of sp³-hybridized carbons (Fsp3) is 0.983. The van der Waals surface area contributed by atoms with Crippen LogP contribution >= 0.6 is 0 Å². The van der Waals surface area contributed by atoms with Crippen LogP contribution in [0.25, 0.3) is 0 Å². The molecule has 17 N–H and O–H groups in total. The maximum Gasteiger partial charge on any atom is 0.302 e. The Bertz CT molecular complexity index is 2490. The van der Waals surface area contributed by atoms with E-state index in [-0.39, 0.29) is 38.1 Å². The maximum absolute atomic E-state index is 12.8. The van der Waals surface area contributed by atoms with E-state index in [0.717, 1.165) is 0 Å². The highest BCUT2D eigenvalue weighted by atomic mass is 16.8. The highest BCUT2D eigenvalue weighted by Crippen LogP contribution is 2.81. The molecule has 12 unspecified atom stereocenters. The molecule has 6 aliphatic heterocycles. The van der Waals surface area contributed by atoms with Crippen molar-refractivity contribution in [3.05, 3.63) is 0 Å². The van der Waals surface area contributed by atoms with Crippen LogP contribution in [-0.4, -0.2) is 311 Å². The smallest absolute Gasteiger partial charge is 0.302 e. The topological polar surface area (TPSA) is 472 Å². The number of aliphatic hydroxyl groups excluding tert-OH is 17. The van der Waals surface area contributed by atoms with Gasteiger partial charge in [-0.2, -0.15) is 0 Å². The zero-order valence-electron chi connectivity index (χ0n) is 51.7. The SMILES string of the molecule is CC(=O)OC[C@]1(C)CC2[C@]3(CO[C@@]24CCC2[C@@]5(C)CC[C@H](O[C@@H]6OC[C@H](O[C@@H]7O[C@H](CO)[C@@H](O)[C@H](O)[C@H]7O)[C@H](O)[C@H]6O[C@@H]6O[C@H](CO)[C@@H](O)[C@H](O)[C@H]6O)[C@@](C)(CO)C5CC[C@@]2(C)[C@]4(C)C[C@H]3OC2OCC(OC3OC(CO)C(O)C(O)C3O)C(O)C2O)[C@@H](O)C1. The van der Waals surface area contributed by atoms with Crippen LogP contribution in [0.1, 0.15) is 99.3 Å². The monoisotopic (exact) mass is 1300 g/mol. The van der Waals surface area contributed by atoms with Gasteiger partial charge in [0.25, 0.3) is 0 Å². The lowest BCUT2D eigenvalue weighted by Crippen LogP contribution is -2.76. The molecule has 2 bridgehead atoms. The van der Waals surface area contributed by atoms with E-state index in [1.807, 2.05) is 13.8 Å². The summed E-state index contributed by atoms with van der Waals surface area (Å²) in [7, 11) is 0. The van der Waals surface area contributed by atoms with E-state index < -0.39 is 243 Å². The lowest BCUT2D eigenvalue weighted by atomic mass is 9.30. The van der Waals surface area contributed by atoms with Crippen LogP contribution in [-0.2, 0) is 61.6 Å². The van der Waals surface area contributed by atoms with Crippen LogP contribution in [0.3, 0.4) is 0 Å². The van der Waals surface area contributed by atoms with E-state index in [0.29, 0.717) is 51.4 Å². The van der Waals surface area contributed by atoms with E-state index in [1.54, 1.807) is 0 Å². The zero-order valence-corrected chi connectivity index (χ0v) is 51.7. The average molecular weight is 1300 g/mol. The molecule has 0 aromatic heterocycles. The number of esters is 1. The summed E-state index contributed by atoms with van der Waals surface area (Å²) in [6, 6.07) is 0. The summed E-state index contributed by atoms with van der Waals surface area (Å²) in [5.41, 5.74) is -5.62. The largest absolute Gasteiger partial charge is 0.465 e. The number of ether oxygens (including phenoxy) is 12. The first-order valence-electron chi connectivity index (χ1n) is 31.9. The minimum atomic E-state index is -1.94. The molecule has 90 heavy (non-hydrogen) atoms. The van der Waals surface area contributed by atoms with E-state index in [2.05, 4.69) is 20.8 Å². The van der Waals surface area contributed by atoms with Crippen molar-refractivity contribution < 1.29 is 148 Å². The van der Waals surface area contributed by atoms with E-state index >= 15 is 0 Å². The molecule has 11 aliphatic rings. The van der Waals surface area contributed by atoms with Gasteiger partial charge in [-0.3, -0.25) is 4.79 Å². The van der Waals surface area contributed by atoms with Gasteiger partial charge in [0.1, 0.15) is 110 Å². The van der Waals surface area contributed by atoms with Gasteiger partial charge >= 0.3 is 5.97 Å². The van der Waals surface area contributed by atoms with Gasteiger partial charge in [-0.25, -0.2) is 0 Å². The summed E-state index contributed by atoms with van der Waals surface area (Å²) in [4.78, 5) is 12.4. The highest BCUT2D eigenvalue weighted by molar-refractivity contribution is 5.65. The van der Waals surface area contributed by atoms with Crippen molar-refractivity contribution in [1.29, 1.82) is 0 Å². The Hall–Kier alpha value is -1.65. The summed E-state index contributed by atoms with van der Waals surface area (Å²) in [5, 5.41) is 186. The second-order valence-electron chi connectivity index (χ2n) is 29.4. The van der Waals surface area contributed by atoms with Crippen molar-refractivity contribution in [2.24, 2.45) is 50.2 Å². The minimum absolute atomic E-state index is 0.0291. The minimum Gasteiger partial charge on any atom is -0.465 e. The van der Waals surface area contributed by atoms with Gasteiger partial charge in [-0.05, 0) is 80.5 Å². The van der Waals surface area contributed by atoms with E-state index in [9.17, 15) is 91.6 Å². The van der Waals surface area contributed by atoms with Crippen molar-refractivity contribution in [3.8, 4) is 0 Å². The van der Waals surface area contributed by atoms with Crippen molar-refractivity contribution >= 4 is 5.97 Å². The lowest BCUT2D eigenvalue weighted by molar-refractivity contribution is -0.384. The van der Waals surface area contributed by atoms with E-state index in [4.69, 9.17) is 56.8 Å². The molecule has 30 heteroatoms. The molecule has 6 heterocycles. The predicted molar refractivity (Wildman–Crippen MR) is 297 cm³/mol. The third-order valence-electron chi connectivity index (χ3n) is 24.6. The number of carbonyl (C=O) groups is 1. The maximum atomic E-state index is 12.8. The molecule has 1 spiro atoms. The van der Waals surface area contributed by atoms with Gasteiger partial charge in [0, 0.05) is 29.1 Å². The lowest BCUT2D eigenvalue weighted by Gasteiger charge is -2.75. The quantitative estimate of drug-likeness (QED) is 0.0506. The Morgan fingerprint density at radius 2 is 0.989 bits per heavy atom. The molecule has 6 saturated heterocycles. The third-order valence-corrected chi connectivity index (χ3v) is 24.6. The molecule has 36 atom stereocenters. The molecule has 5 saturated carbocycles. The van der Waals surface area contributed by atoms with Crippen LogP contribution < -0.4 is 0 Å². The Morgan fingerprint density at radius 3 is 1.52 bits per heavy atom. The van der Waals surface area contributed by atoms with Gasteiger partial charge in [0.05, 0.1) is 82.2 Å². The molecule has 0 radical (unpaired) electrons. The molecule has 11 rings (SSSR count). The van der Waals surface area contributed by atoms with Crippen LogP contribution in [0.4, 0.5) is 0 Å². The number of aliphatic hydroxyl groups is 17. The van der Waals surface area contributed by atoms with Gasteiger partial charge in [0.15, 0.2) is 31.5 Å². The number of carbonyl (C=O) groups excluding carboxylic acids is 1. The number of rotatable bonds is 16. The predicted octanol–water partition coefficient (Wildman–Crippen LogP) is -5.76. The second-order valence-corrected chi connectivity index (χ2v) is 29.4. The van der Waals surface area contributed by atoms with Crippen molar-refractivity contribution in [2.75, 3.05) is 52.9 Å². The summed E-state index contributed by atoms with van der Waals surface area (Å²) in [6.07, 6.45) is -37.0. The first kappa shape index (κ1) is 69.7. The van der Waals surface area contributed by atoms with Crippen LogP contribution in [0.15, 0.2) is 0 Å². The molecular weight excluding hydrogens is 1200 g/mol. The van der Waals surface area contributed by atoms with Gasteiger partial charge in [-0.15, -0.1) is 0 Å². The molecular formula is C60H98O30. The van der Waals surface area contributed by atoms with Gasteiger partial charge < -0.3 is 144 Å². The molecule has 30 nitrogen and oxygen atoms in total. The first-order valence-corrected chi connectivity index (χ1v) is 31.9. The van der Waals surface area contributed by atoms with Crippen LogP contribution in [0.5, 0.6) is 0 Å². The molecule has 5 aliphatic carbocycles. The molecule has 11 fully saturated rings. The summed E-state index contributed by atoms with van der Waals surface area (Å²) in [5.74, 6) is -1.20. The first-order chi connectivity index (χ1) is 42.4. The Morgan fingerprint density at radius 1 is 0.489 bits per heavy atom.